The lowest BCUT2D eigenvalue weighted by molar-refractivity contribution is 0.475. The molecule has 0 fully saturated rings. The monoisotopic (exact) mass is 167 g/mol. The Morgan fingerprint density at radius 2 is 1.90 bits per heavy atom. The van der Waals surface area contributed by atoms with E-state index in [0.717, 1.165) is 0 Å². The van der Waals surface area contributed by atoms with Gasteiger partial charge in [-0.25, -0.2) is 0 Å². The van der Waals surface area contributed by atoms with Crippen molar-refractivity contribution in [2.75, 3.05) is 26.4 Å². The Morgan fingerprint density at radius 3 is 2.20 bits per heavy atom. The number of hydrogen-bond acceptors (Lipinski definition) is 3. The Morgan fingerprint density at radius 1 is 1.40 bits per heavy atom. The molecule has 10 heavy (non-hydrogen) atoms. The first-order valence-corrected chi connectivity index (χ1v) is 4.62. The maximum Gasteiger partial charge on any atom is 0.265 e. The van der Waals surface area contributed by atoms with Crippen LogP contribution in [-0.2, 0) is 10.1 Å². The van der Waals surface area contributed by atoms with Crippen molar-refractivity contribution in [1.82, 2.24) is 4.90 Å². The summed E-state index contributed by atoms with van der Waals surface area (Å²) in [6.45, 7) is 0.680. The smallest absolute Gasteiger partial charge is 0.265 e. The van der Waals surface area contributed by atoms with E-state index in [9.17, 15) is 8.42 Å². The van der Waals surface area contributed by atoms with E-state index in [1.165, 1.54) is 0 Å². The van der Waals surface area contributed by atoms with Crippen LogP contribution in [0.1, 0.15) is 6.42 Å². The van der Waals surface area contributed by atoms with E-state index < -0.39 is 10.1 Å². The fourth-order valence-corrected chi connectivity index (χ4v) is 1.06. The van der Waals surface area contributed by atoms with Crippen LogP contribution in [0.25, 0.3) is 0 Å². The standard InChI is InChI=1S/C5H13NO3S/c1-6(2)4-3-5-10(7,8)9/h3-5H2,1-2H3,(H,7,8,9)/q+1. The lowest BCUT2D eigenvalue weighted by atomic mass is 10.5. The minimum Gasteiger partial charge on any atom is -0.286 e. The van der Waals surface area contributed by atoms with Crippen molar-refractivity contribution in [3.05, 3.63) is 0 Å². The zero-order valence-corrected chi connectivity index (χ0v) is 7.06. The molecule has 5 heteroatoms. The molecular formula is C5H13NO3S+. The predicted molar refractivity (Wildman–Crippen MR) is 39.9 cm³/mol. The zero-order chi connectivity index (χ0) is 8.20. The largest absolute Gasteiger partial charge is 0.286 e. The van der Waals surface area contributed by atoms with Gasteiger partial charge in [0.15, 0.2) is 0 Å². The van der Waals surface area contributed by atoms with Crippen molar-refractivity contribution in [3.8, 4) is 0 Å². The second kappa shape index (κ2) is 3.90. The van der Waals surface area contributed by atoms with Crippen LogP contribution in [0.5, 0.6) is 0 Å². The van der Waals surface area contributed by atoms with Gasteiger partial charge in [0.2, 0.25) is 0 Å². The summed E-state index contributed by atoms with van der Waals surface area (Å²) in [5.74, 6) is -0.148. The Labute approximate surface area is 61.6 Å². The highest BCUT2D eigenvalue weighted by molar-refractivity contribution is 7.85. The van der Waals surface area contributed by atoms with Crippen LogP contribution in [0.4, 0.5) is 0 Å². The molecule has 0 aliphatic carbocycles. The predicted octanol–water partition coefficient (Wildman–Crippen LogP) is -0.336. The summed E-state index contributed by atoms with van der Waals surface area (Å²) < 4.78 is 28.6. The molecule has 4 nitrogen and oxygen atoms in total. The number of rotatable bonds is 4. The lowest BCUT2D eigenvalue weighted by Crippen LogP contribution is -2.22. The highest BCUT2D eigenvalue weighted by Gasteiger charge is 2.06. The molecule has 0 rings (SSSR count). The molecule has 0 atom stereocenters. The van der Waals surface area contributed by atoms with Gasteiger partial charge in [-0.15, -0.1) is 0 Å². The van der Waals surface area contributed by atoms with Gasteiger partial charge >= 0.3 is 0 Å². The molecule has 0 heterocycles. The van der Waals surface area contributed by atoms with Crippen molar-refractivity contribution in [2.24, 2.45) is 0 Å². The average Bonchev–Trinajstić information content (AvgIpc) is 1.59. The third kappa shape index (κ3) is 7.87. The maximum absolute atomic E-state index is 10.1. The van der Waals surface area contributed by atoms with Crippen molar-refractivity contribution in [2.45, 2.75) is 6.42 Å². The van der Waals surface area contributed by atoms with E-state index in [0.29, 0.717) is 13.0 Å². The van der Waals surface area contributed by atoms with Gasteiger partial charge < -0.3 is 0 Å². The van der Waals surface area contributed by atoms with Crippen LogP contribution in [0.2, 0.25) is 0 Å². The van der Waals surface area contributed by atoms with E-state index in [-0.39, 0.29) is 5.75 Å². The molecule has 0 spiro atoms. The number of hydrogen-bond donors (Lipinski definition) is 1. The van der Waals surface area contributed by atoms with Gasteiger partial charge in [0.05, 0.1) is 5.75 Å². The molecule has 61 valence electrons. The van der Waals surface area contributed by atoms with Crippen molar-refractivity contribution in [3.63, 3.8) is 0 Å². The first-order valence-electron chi connectivity index (χ1n) is 3.02. The van der Waals surface area contributed by atoms with E-state index in [4.69, 9.17) is 4.55 Å². The lowest BCUT2D eigenvalue weighted by Gasteiger charge is -1.97. The van der Waals surface area contributed by atoms with Gasteiger partial charge in [0.25, 0.3) is 10.1 Å². The Hall–Kier alpha value is -0.130. The molecule has 0 aromatic heterocycles. The highest BCUT2D eigenvalue weighted by Crippen LogP contribution is 1.87. The molecule has 0 aliphatic rings. The summed E-state index contributed by atoms with van der Waals surface area (Å²) in [5.41, 5.74) is 0. The third-order valence-electron chi connectivity index (χ3n) is 1.01. The van der Waals surface area contributed by atoms with E-state index >= 15 is 0 Å². The first kappa shape index (κ1) is 9.87. The molecule has 0 aliphatic heterocycles. The average molecular weight is 167 g/mol. The Bertz CT molecular complexity index is 173. The van der Waals surface area contributed by atoms with Crippen molar-refractivity contribution >= 4 is 10.1 Å². The maximum atomic E-state index is 10.1. The van der Waals surface area contributed by atoms with Gasteiger partial charge in [0, 0.05) is 6.42 Å². The SMILES string of the molecule is C[N+](C)CCCS(=O)(=O)O. The normalized spacial score (nSPS) is 12.4. The Kier molecular flexibility index (Phi) is 3.85. The summed E-state index contributed by atoms with van der Waals surface area (Å²) in [6, 6.07) is 0. The third-order valence-corrected chi connectivity index (χ3v) is 1.81. The molecule has 0 unspecified atom stereocenters. The van der Waals surface area contributed by atoms with Crippen LogP contribution in [0, 0.1) is 0 Å². The molecule has 0 aromatic rings. The van der Waals surface area contributed by atoms with E-state index in [1.54, 1.807) is 0 Å². The highest BCUT2D eigenvalue weighted by atomic mass is 32.2. The van der Waals surface area contributed by atoms with Crippen LogP contribution in [0.15, 0.2) is 0 Å². The molecule has 0 amide bonds. The van der Waals surface area contributed by atoms with E-state index in [2.05, 4.69) is 0 Å². The molecule has 0 bridgehead atoms. The summed E-state index contributed by atoms with van der Waals surface area (Å²) in [5, 5.41) is 0. The van der Waals surface area contributed by atoms with Crippen LogP contribution in [0.3, 0.4) is 0 Å². The molecule has 1 radical (unpaired) electrons. The second-order valence-corrected chi connectivity index (χ2v) is 4.01. The summed E-state index contributed by atoms with van der Waals surface area (Å²) in [7, 11) is -0.0441. The molecule has 1 N–H and O–H groups in total. The topological polar surface area (TPSA) is 60.3 Å². The summed E-state index contributed by atoms with van der Waals surface area (Å²) >= 11 is 0. The number of nitrogens with zero attached hydrogens (tertiary/aromatic N) is 1. The summed E-state index contributed by atoms with van der Waals surface area (Å²) in [4.78, 5) is 1.87. The van der Waals surface area contributed by atoms with Crippen molar-refractivity contribution < 1.29 is 13.0 Å². The van der Waals surface area contributed by atoms with Gasteiger partial charge in [-0.3, -0.25) is 4.55 Å². The van der Waals surface area contributed by atoms with Crippen LogP contribution in [-0.4, -0.2) is 39.4 Å². The first-order chi connectivity index (χ1) is 4.42. The molecular weight excluding hydrogens is 154 g/mol. The van der Waals surface area contributed by atoms with Gasteiger partial charge in [-0.2, -0.15) is 13.3 Å². The minimum absolute atomic E-state index is 0.148. The molecule has 0 saturated heterocycles. The van der Waals surface area contributed by atoms with Crippen LogP contribution >= 0.6 is 0 Å². The Balaban J connectivity index is 3.39. The fraction of sp³-hybridized carbons (Fsp3) is 1.00. The molecule has 0 saturated carbocycles. The van der Waals surface area contributed by atoms with Crippen molar-refractivity contribution in [1.29, 1.82) is 0 Å². The minimum atomic E-state index is -3.75. The summed E-state index contributed by atoms with van der Waals surface area (Å²) in [6.07, 6.45) is 0.478. The molecule has 0 aromatic carbocycles. The van der Waals surface area contributed by atoms with Gasteiger partial charge in [-0.1, -0.05) is 0 Å². The van der Waals surface area contributed by atoms with E-state index in [1.807, 2.05) is 19.0 Å². The fourth-order valence-electron chi connectivity index (χ4n) is 0.563. The quantitative estimate of drug-likeness (QED) is 0.460. The second-order valence-electron chi connectivity index (χ2n) is 2.44. The van der Waals surface area contributed by atoms with Crippen LogP contribution < -0.4 is 4.90 Å². The van der Waals surface area contributed by atoms with Gasteiger partial charge in [-0.05, 0) is 0 Å². The van der Waals surface area contributed by atoms with Gasteiger partial charge in [0.1, 0.15) is 20.6 Å². The zero-order valence-electron chi connectivity index (χ0n) is 6.24.